The van der Waals surface area contributed by atoms with Crippen molar-refractivity contribution in [3.63, 3.8) is 0 Å². The first-order chi connectivity index (χ1) is 15.1. The Bertz CT molecular complexity index is 1040. The van der Waals surface area contributed by atoms with E-state index in [1.807, 2.05) is 13.8 Å². The first-order valence-corrected chi connectivity index (χ1v) is 10.3. The number of likely N-dealkylation sites (tertiary alicyclic amines) is 1. The lowest BCUT2D eigenvalue weighted by Crippen LogP contribution is -2.39. The second-order valence-electron chi connectivity index (χ2n) is 8.28. The van der Waals surface area contributed by atoms with Crippen LogP contribution in [0.1, 0.15) is 41.3 Å². The molecule has 2 aromatic carbocycles. The average molecular weight is 448 g/mol. The van der Waals surface area contributed by atoms with Crippen molar-refractivity contribution in [2.45, 2.75) is 32.0 Å². The van der Waals surface area contributed by atoms with Gasteiger partial charge < -0.3 is 19.7 Å². The van der Waals surface area contributed by atoms with Gasteiger partial charge in [0.1, 0.15) is 0 Å². The fourth-order valence-corrected chi connectivity index (χ4v) is 4.12. The minimum atomic E-state index is -4.49. The SMILES string of the molecule is CC(C)NC(=O)[C@H]1CN(C(=O)c2ccc3c(c2)OCO3)C[C@@H]1c1cccc(C(F)(F)F)c1. The number of hydrogen-bond donors (Lipinski definition) is 1. The summed E-state index contributed by atoms with van der Waals surface area (Å²) in [7, 11) is 0. The molecule has 0 unspecified atom stereocenters. The maximum Gasteiger partial charge on any atom is 0.416 e. The van der Waals surface area contributed by atoms with E-state index in [0.29, 0.717) is 22.6 Å². The van der Waals surface area contributed by atoms with E-state index in [0.717, 1.165) is 12.1 Å². The van der Waals surface area contributed by atoms with E-state index in [4.69, 9.17) is 9.47 Å². The zero-order valence-corrected chi connectivity index (χ0v) is 17.6. The van der Waals surface area contributed by atoms with Gasteiger partial charge >= 0.3 is 6.18 Å². The van der Waals surface area contributed by atoms with Crippen molar-refractivity contribution in [1.82, 2.24) is 10.2 Å². The third kappa shape index (κ3) is 4.37. The largest absolute Gasteiger partial charge is 0.454 e. The molecule has 170 valence electrons. The van der Waals surface area contributed by atoms with Gasteiger partial charge in [0.15, 0.2) is 11.5 Å². The highest BCUT2D eigenvalue weighted by Crippen LogP contribution is 2.38. The molecule has 0 aliphatic carbocycles. The standard InChI is InChI=1S/C23H23F3N2O4/c1-13(2)27-21(29)18-11-28(22(30)15-6-7-19-20(9-15)32-12-31-19)10-17(18)14-4-3-5-16(8-14)23(24,25)26/h3-9,13,17-18H,10-12H2,1-2H3,(H,27,29)/t17-,18+/m1/s1. The highest BCUT2D eigenvalue weighted by molar-refractivity contribution is 5.96. The van der Waals surface area contributed by atoms with Gasteiger partial charge in [0.05, 0.1) is 11.5 Å². The molecule has 2 aliphatic rings. The number of amides is 2. The normalized spacial score (nSPS) is 20.0. The number of halogens is 3. The fourth-order valence-electron chi connectivity index (χ4n) is 4.12. The van der Waals surface area contributed by atoms with Crippen molar-refractivity contribution in [2.24, 2.45) is 5.92 Å². The molecule has 2 aromatic rings. The summed E-state index contributed by atoms with van der Waals surface area (Å²) < 4.78 is 50.3. The summed E-state index contributed by atoms with van der Waals surface area (Å²) in [5.41, 5.74) is -0.0368. The zero-order valence-electron chi connectivity index (χ0n) is 17.6. The molecule has 0 saturated carbocycles. The second-order valence-corrected chi connectivity index (χ2v) is 8.28. The molecule has 2 amide bonds. The van der Waals surface area contributed by atoms with Crippen molar-refractivity contribution in [3.8, 4) is 11.5 Å². The van der Waals surface area contributed by atoms with Gasteiger partial charge in [-0.15, -0.1) is 0 Å². The number of nitrogens with one attached hydrogen (secondary N) is 1. The molecule has 1 N–H and O–H groups in total. The van der Waals surface area contributed by atoms with E-state index in [9.17, 15) is 22.8 Å². The molecule has 32 heavy (non-hydrogen) atoms. The predicted molar refractivity (Wildman–Crippen MR) is 109 cm³/mol. The van der Waals surface area contributed by atoms with Crippen LogP contribution < -0.4 is 14.8 Å². The first-order valence-electron chi connectivity index (χ1n) is 10.3. The van der Waals surface area contributed by atoms with Crippen molar-refractivity contribution in [2.75, 3.05) is 19.9 Å². The van der Waals surface area contributed by atoms with E-state index >= 15 is 0 Å². The van der Waals surface area contributed by atoms with Gasteiger partial charge in [-0.1, -0.05) is 18.2 Å². The molecule has 2 heterocycles. The van der Waals surface area contributed by atoms with Crippen molar-refractivity contribution < 1.29 is 32.2 Å². The topological polar surface area (TPSA) is 67.9 Å². The molecular formula is C23H23F3N2O4. The van der Waals surface area contributed by atoms with Crippen LogP contribution in [-0.4, -0.2) is 42.6 Å². The molecule has 0 aromatic heterocycles. The third-order valence-electron chi connectivity index (χ3n) is 5.64. The van der Waals surface area contributed by atoms with Gasteiger partial charge in [-0.3, -0.25) is 9.59 Å². The van der Waals surface area contributed by atoms with Crippen molar-refractivity contribution in [1.29, 1.82) is 0 Å². The number of rotatable bonds is 4. The minimum absolute atomic E-state index is 0.0752. The highest BCUT2D eigenvalue weighted by Gasteiger charge is 2.42. The Morgan fingerprint density at radius 3 is 2.53 bits per heavy atom. The second kappa shape index (κ2) is 8.37. The van der Waals surface area contributed by atoms with Crippen LogP contribution in [0, 0.1) is 5.92 Å². The van der Waals surface area contributed by atoms with E-state index in [2.05, 4.69) is 5.32 Å². The summed E-state index contributed by atoms with van der Waals surface area (Å²) in [5.74, 6) is -0.839. The van der Waals surface area contributed by atoms with Gasteiger partial charge in [0.25, 0.3) is 5.91 Å². The van der Waals surface area contributed by atoms with E-state index in [1.165, 1.54) is 11.0 Å². The van der Waals surface area contributed by atoms with E-state index in [1.54, 1.807) is 24.3 Å². The van der Waals surface area contributed by atoms with Crippen molar-refractivity contribution >= 4 is 11.8 Å². The molecule has 1 fully saturated rings. The number of hydrogen-bond acceptors (Lipinski definition) is 4. The van der Waals surface area contributed by atoms with Gasteiger partial charge in [-0.05, 0) is 43.7 Å². The zero-order chi connectivity index (χ0) is 23.0. The predicted octanol–water partition coefficient (Wildman–Crippen LogP) is 3.81. The monoisotopic (exact) mass is 448 g/mol. The lowest BCUT2D eigenvalue weighted by molar-refractivity contribution is -0.137. The maximum absolute atomic E-state index is 13.3. The Hall–Kier alpha value is -3.23. The summed E-state index contributed by atoms with van der Waals surface area (Å²) in [6.45, 7) is 3.92. The smallest absolute Gasteiger partial charge is 0.416 e. The number of nitrogens with zero attached hydrogens (tertiary/aromatic N) is 1. The van der Waals surface area contributed by atoms with Gasteiger partial charge in [0.2, 0.25) is 12.7 Å². The Morgan fingerprint density at radius 1 is 1.06 bits per heavy atom. The number of carbonyl (C=O) groups is 2. The molecule has 0 radical (unpaired) electrons. The number of ether oxygens (including phenoxy) is 2. The summed E-state index contributed by atoms with van der Waals surface area (Å²) in [6, 6.07) is 9.65. The summed E-state index contributed by atoms with van der Waals surface area (Å²) in [6.07, 6.45) is -4.49. The highest BCUT2D eigenvalue weighted by atomic mass is 19.4. The van der Waals surface area contributed by atoms with Crippen molar-refractivity contribution in [3.05, 3.63) is 59.2 Å². The van der Waals surface area contributed by atoms with Crippen LogP contribution in [0.2, 0.25) is 0 Å². The van der Waals surface area contributed by atoms with Crippen LogP contribution >= 0.6 is 0 Å². The van der Waals surface area contributed by atoms with Crippen LogP contribution in [0.3, 0.4) is 0 Å². The van der Waals surface area contributed by atoms with Gasteiger partial charge in [-0.25, -0.2) is 0 Å². The molecule has 9 heteroatoms. The maximum atomic E-state index is 13.3. The quantitative estimate of drug-likeness (QED) is 0.773. The Kier molecular flexibility index (Phi) is 5.75. The summed E-state index contributed by atoms with van der Waals surface area (Å²) in [4.78, 5) is 27.5. The van der Waals surface area contributed by atoms with Crippen LogP contribution in [0.25, 0.3) is 0 Å². The number of benzene rings is 2. The van der Waals surface area contributed by atoms with Gasteiger partial charge in [-0.2, -0.15) is 13.2 Å². The first kappa shape index (κ1) is 22.0. The number of fused-ring (bicyclic) bond motifs is 1. The van der Waals surface area contributed by atoms with E-state index in [-0.39, 0.29) is 37.7 Å². The van der Waals surface area contributed by atoms with Crippen LogP contribution in [-0.2, 0) is 11.0 Å². The Labute approximate surface area is 183 Å². The molecule has 0 spiro atoms. The van der Waals surface area contributed by atoms with E-state index < -0.39 is 23.6 Å². The molecule has 1 saturated heterocycles. The molecule has 6 nitrogen and oxygen atoms in total. The van der Waals surface area contributed by atoms with Crippen LogP contribution in [0.4, 0.5) is 13.2 Å². The lowest BCUT2D eigenvalue weighted by Gasteiger charge is -2.20. The number of alkyl halides is 3. The minimum Gasteiger partial charge on any atom is -0.454 e. The number of carbonyl (C=O) groups excluding carboxylic acids is 2. The Morgan fingerprint density at radius 2 is 1.81 bits per heavy atom. The fraction of sp³-hybridized carbons (Fsp3) is 0.391. The van der Waals surface area contributed by atoms with Crippen LogP contribution in [0.5, 0.6) is 11.5 Å². The lowest BCUT2D eigenvalue weighted by atomic mass is 9.87. The molecule has 2 aliphatic heterocycles. The molecule has 0 bridgehead atoms. The average Bonchev–Trinajstić information content (AvgIpc) is 3.39. The van der Waals surface area contributed by atoms with Gasteiger partial charge in [0, 0.05) is 30.6 Å². The summed E-state index contributed by atoms with van der Waals surface area (Å²) in [5, 5.41) is 2.83. The third-order valence-corrected chi connectivity index (χ3v) is 5.64. The summed E-state index contributed by atoms with van der Waals surface area (Å²) >= 11 is 0. The molecule has 4 rings (SSSR count). The Balaban J connectivity index is 1.63. The molecule has 2 atom stereocenters. The van der Waals surface area contributed by atoms with Crippen LogP contribution in [0.15, 0.2) is 42.5 Å². The molecular weight excluding hydrogens is 425 g/mol.